The summed E-state index contributed by atoms with van der Waals surface area (Å²) in [7, 11) is 0. The quantitative estimate of drug-likeness (QED) is 0.655. The highest BCUT2D eigenvalue weighted by molar-refractivity contribution is 7.99. The minimum absolute atomic E-state index is 0.0167. The first kappa shape index (κ1) is 22.0. The molecule has 0 radical (unpaired) electrons. The number of amides is 2. The molecule has 2 aromatic carbocycles. The molecule has 2 amide bonds. The average Bonchev–Trinajstić information content (AvgIpc) is 2.71. The van der Waals surface area contributed by atoms with Gasteiger partial charge in [-0.1, -0.05) is 74.5 Å². The monoisotopic (exact) mass is 398 g/mol. The van der Waals surface area contributed by atoms with E-state index in [2.05, 4.69) is 31.3 Å². The van der Waals surface area contributed by atoms with Crippen molar-refractivity contribution in [2.45, 2.75) is 39.1 Å². The van der Waals surface area contributed by atoms with Crippen LogP contribution < -0.4 is 5.32 Å². The minimum atomic E-state index is -0.510. The summed E-state index contributed by atoms with van der Waals surface area (Å²) in [6.07, 6.45) is 0. The van der Waals surface area contributed by atoms with E-state index < -0.39 is 6.04 Å². The molecule has 0 aliphatic rings. The molecule has 0 bridgehead atoms. The fourth-order valence-electron chi connectivity index (χ4n) is 2.73. The lowest BCUT2D eigenvalue weighted by Crippen LogP contribution is -2.48. The highest BCUT2D eigenvalue weighted by atomic mass is 32.2. The molecule has 4 nitrogen and oxygen atoms in total. The summed E-state index contributed by atoms with van der Waals surface area (Å²) in [5, 5.41) is 2.95. The number of carbonyl (C=O) groups excluding carboxylic acids is 2. The van der Waals surface area contributed by atoms with Gasteiger partial charge in [-0.3, -0.25) is 9.59 Å². The van der Waals surface area contributed by atoms with Crippen LogP contribution >= 0.6 is 11.8 Å². The summed E-state index contributed by atoms with van der Waals surface area (Å²) >= 11 is 1.58. The summed E-state index contributed by atoms with van der Waals surface area (Å²) in [4.78, 5) is 27.2. The highest BCUT2D eigenvalue weighted by Crippen LogP contribution is 2.16. The van der Waals surface area contributed by atoms with Crippen molar-refractivity contribution < 1.29 is 9.59 Å². The van der Waals surface area contributed by atoms with Crippen LogP contribution in [0.5, 0.6) is 0 Å². The van der Waals surface area contributed by atoms with Crippen LogP contribution in [0.15, 0.2) is 60.7 Å². The Balaban J connectivity index is 2.01. The molecule has 0 fully saturated rings. The molecule has 2 rings (SSSR count). The largest absolute Gasteiger partial charge is 0.354 e. The number of carbonyl (C=O) groups is 2. The second-order valence-corrected chi connectivity index (χ2v) is 8.29. The number of rotatable bonds is 10. The third-order valence-corrected chi connectivity index (χ3v) is 5.37. The molecular formula is C23H30N2O2S. The normalized spacial score (nSPS) is 11.9. The van der Waals surface area contributed by atoms with E-state index in [0.717, 1.165) is 11.3 Å². The van der Waals surface area contributed by atoms with Crippen LogP contribution in [-0.4, -0.2) is 35.1 Å². The van der Waals surface area contributed by atoms with Gasteiger partial charge in [0.05, 0.1) is 5.75 Å². The van der Waals surface area contributed by atoms with Crippen molar-refractivity contribution in [2.24, 2.45) is 5.92 Å². The smallest absolute Gasteiger partial charge is 0.242 e. The second kappa shape index (κ2) is 11.5. The molecule has 2 aromatic rings. The van der Waals surface area contributed by atoms with Gasteiger partial charge in [-0.25, -0.2) is 0 Å². The Morgan fingerprint density at radius 2 is 1.50 bits per heavy atom. The van der Waals surface area contributed by atoms with Gasteiger partial charge in [-0.05, 0) is 24.0 Å². The van der Waals surface area contributed by atoms with Gasteiger partial charge in [0.1, 0.15) is 6.04 Å². The minimum Gasteiger partial charge on any atom is -0.354 e. The van der Waals surface area contributed by atoms with E-state index in [9.17, 15) is 9.59 Å². The van der Waals surface area contributed by atoms with E-state index in [4.69, 9.17) is 0 Å². The van der Waals surface area contributed by atoms with Crippen molar-refractivity contribution in [1.82, 2.24) is 10.2 Å². The van der Waals surface area contributed by atoms with Crippen LogP contribution in [0.3, 0.4) is 0 Å². The van der Waals surface area contributed by atoms with Gasteiger partial charge >= 0.3 is 0 Å². The van der Waals surface area contributed by atoms with Gasteiger partial charge < -0.3 is 10.2 Å². The molecule has 0 heterocycles. The van der Waals surface area contributed by atoms with Crippen LogP contribution in [0.4, 0.5) is 0 Å². The zero-order chi connectivity index (χ0) is 20.4. The van der Waals surface area contributed by atoms with E-state index >= 15 is 0 Å². The zero-order valence-electron chi connectivity index (χ0n) is 16.9. The Bertz CT molecular complexity index is 735. The molecule has 150 valence electrons. The molecule has 0 spiro atoms. The molecule has 1 unspecified atom stereocenters. The third kappa shape index (κ3) is 7.39. The van der Waals surface area contributed by atoms with E-state index in [1.165, 1.54) is 5.56 Å². The van der Waals surface area contributed by atoms with Crippen LogP contribution in [0, 0.1) is 5.92 Å². The molecule has 0 aliphatic carbocycles. The predicted molar refractivity (Wildman–Crippen MR) is 117 cm³/mol. The average molecular weight is 399 g/mol. The Hall–Kier alpha value is -2.27. The van der Waals surface area contributed by atoms with Gasteiger partial charge in [-0.2, -0.15) is 0 Å². The lowest BCUT2D eigenvalue weighted by molar-refractivity contribution is -0.138. The van der Waals surface area contributed by atoms with Crippen LogP contribution in [0.1, 0.15) is 31.9 Å². The van der Waals surface area contributed by atoms with Gasteiger partial charge in [0.25, 0.3) is 0 Å². The number of nitrogens with zero attached hydrogens (tertiary/aromatic N) is 1. The summed E-state index contributed by atoms with van der Waals surface area (Å²) < 4.78 is 0. The number of nitrogens with one attached hydrogen (secondary N) is 1. The van der Waals surface area contributed by atoms with Gasteiger partial charge in [0.2, 0.25) is 11.8 Å². The highest BCUT2D eigenvalue weighted by Gasteiger charge is 2.25. The summed E-state index contributed by atoms with van der Waals surface area (Å²) in [6.45, 7) is 6.95. The van der Waals surface area contributed by atoms with Crippen molar-refractivity contribution >= 4 is 23.6 Å². The van der Waals surface area contributed by atoms with Crippen LogP contribution in [-0.2, 0) is 21.9 Å². The molecule has 0 saturated carbocycles. The van der Waals surface area contributed by atoms with Crippen molar-refractivity contribution in [3.8, 4) is 0 Å². The first-order valence-electron chi connectivity index (χ1n) is 9.70. The van der Waals surface area contributed by atoms with Gasteiger partial charge in [-0.15, -0.1) is 11.8 Å². The maximum atomic E-state index is 12.9. The predicted octanol–water partition coefficient (Wildman–Crippen LogP) is 4.11. The molecule has 1 N–H and O–H groups in total. The van der Waals surface area contributed by atoms with Gasteiger partial charge in [0, 0.05) is 18.8 Å². The summed E-state index contributed by atoms with van der Waals surface area (Å²) in [5.41, 5.74) is 2.21. The van der Waals surface area contributed by atoms with Gasteiger partial charge in [0.15, 0.2) is 0 Å². The maximum absolute atomic E-state index is 12.9. The number of hydrogen-bond donors (Lipinski definition) is 1. The first-order chi connectivity index (χ1) is 13.5. The Morgan fingerprint density at radius 3 is 2.07 bits per heavy atom. The Labute approximate surface area is 172 Å². The fourth-order valence-corrected chi connectivity index (χ4v) is 3.60. The summed E-state index contributed by atoms with van der Waals surface area (Å²) in [6, 6.07) is 19.4. The topological polar surface area (TPSA) is 49.4 Å². The lowest BCUT2D eigenvalue weighted by Gasteiger charge is -2.29. The SMILES string of the molecule is CC(C)CNC(=O)C(C)N(Cc1ccccc1)C(=O)CSCc1ccccc1. The van der Waals surface area contributed by atoms with E-state index in [-0.39, 0.29) is 11.8 Å². The van der Waals surface area contributed by atoms with E-state index in [1.807, 2.05) is 48.5 Å². The molecule has 0 aromatic heterocycles. The molecule has 0 saturated heterocycles. The van der Waals surface area contributed by atoms with E-state index in [0.29, 0.717) is 24.8 Å². The molecular weight excluding hydrogens is 368 g/mol. The lowest BCUT2D eigenvalue weighted by atomic mass is 10.1. The number of thioether (sulfide) groups is 1. The fraction of sp³-hybridized carbons (Fsp3) is 0.391. The second-order valence-electron chi connectivity index (χ2n) is 7.30. The number of benzene rings is 2. The zero-order valence-corrected chi connectivity index (χ0v) is 17.7. The third-order valence-electron chi connectivity index (χ3n) is 4.38. The van der Waals surface area contributed by atoms with Crippen molar-refractivity contribution in [2.75, 3.05) is 12.3 Å². The van der Waals surface area contributed by atoms with Crippen LogP contribution in [0.25, 0.3) is 0 Å². The maximum Gasteiger partial charge on any atom is 0.242 e. The van der Waals surface area contributed by atoms with Crippen molar-refractivity contribution in [3.63, 3.8) is 0 Å². The molecule has 0 aliphatic heterocycles. The molecule has 5 heteroatoms. The van der Waals surface area contributed by atoms with Crippen molar-refractivity contribution in [1.29, 1.82) is 0 Å². The molecule has 28 heavy (non-hydrogen) atoms. The Kier molecular flexibility index (Phi) is 9.08. The van der Waals surface area contributed by atoms with Crippen LogP contribution in [0.2, 0.25) is 0 Å². The summed E-state index contributed by atoms with van der Waals surface area (Å²) in [5.74, 6) is 1.38. The molecule has 1 atom stereocenters. The first-order valence-corrected chi connectivity index (χ1v) is 10.9. The number of hydrogen-bond acceptors (Lipinski definition) is 3. The Morgan fingerprint density at radius 1 is 0.929 bits per heavy atom. The van der Waals surface area contributed by atoms with Crippen molar-refractivity contribution in [3.05, 3.63) is 71.8 Å². The van der Waals surface area contributed by atoms with E-state index in [1.54, 1.807) is 23.6 Å². The standard InChI is InChI=1S/C23H30N2O2S/c1-18(2)14-24-23(27)19(3)25(15-20-10-6-4-7-11-20)22(26)17-28-16-21-12-8-5-9-13-21/h4-13,18-19H,14-17H2,1-3H3,(H,24,27).